The van der Waals surface area contributed by atoms with Gasteiger partial charge in [0.05, 0.1) is 11.4 Å². The molecule has 4 rings (SSSR count). The summed E-state index contributed by atoms with van der Waals surface area (Å²) >= 11 is 0. The van der Waals surface area contributed by atoms with Crippen molar-refractivity contribution in [1.82, 2.24) is 10.3 Å². The molecule has 2 N–H and O–H groups in total. The number of H-pyrrole nitrogens is 1. The normalized spacial score (nSPS) is 15.9. The van der Waals surface area contributed by atoms with E-state index in [2.05, 4.69) is 10.3 Å². The molecule has 3 aromatic rings. The number of carbonyl (C=O) groups excluding carboxylic acids is 2. The largest absolute Gasteiger partial charge is 0.361 e. The number of aromatic nitrogens is 1. The number of sulfonamides is 1. The Morgan fingerprint density at radius 2 is 1.96 bits per heavy atom. The van der Waals surface area contributed by atoms with Crippen molar-refractivity contribution >= 4 is 38.4 Å². The zero-order chi connectivity index (χ0) is 19.7. The van der Waals surface area contributed by atoms with Gasteiger partial charge in [-0.05, 0) is 36.2 Å². The van der Waals surface area contributed by atoms with Crippen LogP contribution >= 0.6 is 0 Å². The van der Waals surface area contributed by atoms with Gasteiger partial charge in [0.25, 0.3) is 5.91 Å². The number of nitrogens with one attached hydrogen (secondary N) is 2. The van der Waals surface area contributed by atoms with Crippen LogP contribution in [0.5, 0.6) is 0 Å². The van der Waals surface area contributed by atoms with Crippen molar-refractivity contribution < 1.29 is 18.0 Å². The first-order valence-electron chi connectivity index (χ1n) is 8.95. The SMILES string of the molecule is O=C(NCCc1c[nH]c2ccccc12)c1cccc(N2C(=O)CCS2(=O)=O)c1. The summed E-state index contributed by atoms with van der Waals surface area (Å²) in [6.45, 7) is 0.436. The summed E-state index contributed by atoms with van der Waals surface area (Å²) in [5.74, 6) is -0.991. The van der Waals surface area contributed by atoms with Crippen molar-refractivity contribution in [3.63, 3.8) is 0 Å². The summed E-state index contributed by atoms with van der Waals surface area (Å²) in [6.07, 6.45) is 2.55. The van der Waals surface area contributed by atoms with Crippen LogP contribution < -0.4 is 9.62 Å². The minimum absolute atomic E-state index is 0.0383. The molecular formula is C20H19N3O4S. The minimum atomic E-state index is -3.65. The van der Waals surface area contributed by atoms with Crippen molar-refractivity contribution in [3.8, 4) is 0 Å². The number of hydrogen-bond donors (Lipinski definition) is 2. The highest BCUT2D eigenvalue weighted by molar-refractivity contribution is 7.94. The Hall–Kier alpha value is -3.13. The number of para-hydroxylation sites is 1. The molecule has 2 amide bonds. The predicted octanol–water partition coefficient (Wildman–Crippen LogP) is 2.21. The molecule has 1 aliphatic heterocycles. The average Bonchev–Trinajstić information content (AvgIpc) is 3.22. The number of rotatable bonds is 5. The molecule has 1 saturated heterocycles. The Balaban J connectivity index is 1.45. The van der Waals surface area contributed by atoms with Gasteiger partial charge in [0, 0.05) is 35.6 Å². The van der Waals surface area contributed by atoms with Gasteiger partial charge in [-0.15, -0.1) is 0 Å². The van der Waals surface area contributed by atoms with Crippen molar-refractivity contribution in [1.29, 1.82) is 0 Å². The number of fused-ring (bicyclic) bond motifs is 1. The van der Waals surface area contributed by atoms with Crippen LogP contribution in [0.25, 0.3) is 10.9 Å². The molecule has 8 heteroatoms. The van der Waals surface area contributed by atoms with E-state index >= 15 is 0 Å². The molecule has 0 unspecified atom stereocenters. The number of amides is 2. The standard InChI is InChI=1S/C20H19N3O4S/c24-19-9-11-28(26,27)23(19)16-5-3-4-14(12-16)20(25)21-10-8-15-13-22-18-7-2-1-6-17(15)18/h1-7,12-13,22H,8-11H2,(H,21,25). The predicted molar refractivity (Wildman–Crippen MR) is 107 cm³/mol. The molecule has 0 saturated carbocycles. The third-order valence-electron chi connectivity index (χ3n) is 4.78. The molecule has 28 heavy (non-hydrogen) atoms. The highest BCUT2D eigenvalue weighted by Gasteiger charge is 2.36. The van der Waals surface area contributed by atoms with Crippen LogP contribution in [0.3, 0.4) is 0 Å². The lowest BCUT2D eigenvalue weighted by Gasteiger charge is -2.15. The molecule has 0 aliphatic carbocycles. The van der Waals surface area contributed by atoms with Crippen LogP contribution in [0, 0.1) is 0 Å². The fraction of sp³-hybridized carbons (Fsp3) is 0.200. The van der Waals surface area contributed by atoms with E-state index < -0.39 is 15.9 Å². The number of anilines is 1. The highest BCUT2D eigenvalue weighted by atomic mass is 32.2. The average molecular weight is 397 g/mol. The third-order valence-corrected chi connectivity index (χ3v) is 6.47. The maximum Gasteiger partial charge on any atom is 0.251 e. The molecule has 0 spiro atoms. The molecule has 1 fully saturated rings. The topological polar surface area (TPSA) is 99.3 Å². The zero-order valence-corrected chi connectivity index (χ0v) is 15.8. The van der Waals surface area contributed by atoms with Crippen LogP contribution in [0.2, 0.25) is 0 Å². The second kappa shape index (κ2) is 7.12. The fourth-order valence-corrected chi connectivity index (χ4v) is 4.84. The molecule has 0 bridgehead atoms. The Labute approximate surface area is 162 Å². The van der Waals surface area contributed by atoms with E-state index in [9.17, 15) is 18.0 Å². The van der Waals surface area contributed by atoms with Gasteiger partial charge < -0.3 is 10.3 Å². The second-order valence-corrected chi connectivity index (χ2v) is 8.58. The quantitative estimate of drug-likeness (QED) is 0.689. The summed E-state index contributed by atoms with van der Waals surface area (Å²) in [7, 11) is -3.65. The van der Waals surface area contributed by atoms with Crippen LogP contribution in [-0.4, -0.2) is 37.5 Å². The molecule has 144 valence electrons. The fourth-order valence-electron chi connectivity index (χ4n) is 3.39. The van der Waals surface area contributed by atoms with Gasteiger partial charge in [-0.1, -0.05) is 24.3 Å². The smallest absolute Gasteiger partial charge is 0.251 e. The molecule has 0 atom stereocenters. The third kappa shape index (κ3) is 3.38. The van der Waals surface area contributed by atoms with Gasteiger partial charge in [0.2, 0.25) is 15.9 Å². The van der Waals surface area contributed by atoms with Crippen molar-refractivity contribution in [2.75, 3.05) is 16.6 Å². The maximum atomic E-state index is 12.5. The zero-order valence-electron chi connectivity index (χ0n) is 15.0. The Morgan fingerprint density at radius 1 is 1.14 bits per heavy atom. The monoisotopic (exact) mass is 397 g/mol. The van der Waals surface area contributed by atoms with E-state index in [1.165, 1.54) is 12.1 Å². The molecule has 1 aromatic heterocycles. The van der Waals surface area contributed by atoms with E-state index in [1.54, 1.807) is 12.1 Å². The van der Waals surface area contributed by atoms with Crippen molar-refractivity contribution in [2.45, 2.75) is 12.8 Å². The lowest BCUT2D eigenvalue weighted by molar-refractivity contribution is -0.116. The van der Waals surface area contributed by atoms with E-state index in [1.807, 2.05) is 30.5 Å². The molecule has 0 radical (unpaired) electrons. The van der Waals surface area contributed by atoms with Gasteiger partial charge >= 0.3 is 0 Å². The number of hydrogen-bond acceptors (Lipinski definition) is 4. The van der Waals surface area contributed by atoms with Crippen LogP contribution in [0.15, 0.2) is 54.7 Å². The Kier molecular flexibility index (Phi) is 4.64. The highest BCUT2D eigenvalue weighted by Crippen LogP contribution is 2.26. The molecule has 7 nitrogen and oxygen atoms in total. The van der Waals surface area contributed by atoms with Gasteiger partial charge in [-0.2, -0.15) is 0 Å². The summed E-state index contributed by atoms with van der Waals surface area (Å²) in [6, 6.07) is 14.1. The van der Waals surface area contributed by atoms with Gasteiger partial charge in [-0.25, -0.2) is 12.7 Å². The minimum Gasteiger partial charge on any atom is -0.361 e. The van der Waals surface area contributed by atoms with Gasteiger partial charge in [0.1, 0.15) is 0 Å². The first kappa shape index (κ1) is 18.2. The Morgan fingerprint density at radius 3 is 2.75 bits per heavy atom. The Bertz CT molecular complexity index is 1170. The van der Waals surface area contributed by atoms with Gasteiger partial charge in [-0.3, -0.25) is 9.59 Å². The summed E-state index contributed by atoms with van der Waals surface area (Å²) in [5, 5.41) is 3.97. The maximum absolute atomic E-state index is 12.5. The number of benzene rings is 2. The first-order chi connectivity index (χ1) is 13.5. The number of aromatic amines is 1. The second-order valence-electron chi connectivity index (χ2n) is 6.64. The van der Waals surface area contributed by atoms with E-state index in [0.717, 1.165) is 20.8 Å². The lowest BCUT2D eigenvalue weighted by atomic mass is 10.1. The van der Waals surface area contributed by atoms with Gasteiger partial charge in [0.15, 0.2) is 0 Å². The van der Waals surface area contributed by atoms with E-state index in [-0.39, 0.29) is 23.8 Å². The molecular weight excluding hydrogens is 378 g/mol. The number of carbonyl (C=O) groups is 2. The molecule has 2 aromatic carbocycles. The summed E-state index contributed by atoms with van der Waals surface area (Å²) in [4.78, 5) is 27.6. The summed E-state index contributed by atoms with van der Waals surface area (Å²) in [5.41, 5.74) is 2.67. The van der Waals surface area contributed by atoms with E-state index in [0.29, 0.717) is 18.5 Å². The van der Waals surface area contributed by atoms with Crippen LogP contribution in [0.1, 0.15) is 22.3 Å². The van der Waals surface area contributed by atoms with Crippen molar-refractivity contribution in [3.05, 3.63) is 65.9 Å². The van der Waals surface area contributed by atoms with Crippen LogP contribution in [-0.2, 0) is 21.2 Å². The lowest BCUT2D eigenvalue weighted by Crippen LogP contribution is -2.30. The number of nitrogens with zero attached hydrogens (tertiary/aromatic N) is 1. The van der Waals surface area contributed by atoms with Crippen LogP contribution in [0.4, 0.5) is 5.69 Å². The van der Waals surface area contributed by atoms with E-state index in [4.69, 9.17) is 0 Å². The first-order valence-corrected chi connectivity index (χ1v) is 10.6. The van der Waals surface area contributed by atoms with Crippen molar-refractivity contribution in [2.24, 2.45) is 0 Å². The summed E-state index contributed by atoms with van der Waals surface area (Å²) < 4.78 is 24.9. The molecule has 2 heterocycles. The molecule has 1 aliphatic rings.